The lowest BCUT2D eigenvalue weighted by Crippen LogP contribution is -2.71. The molecule has 1 aromatic carbocycles. The van der Waals surface area contributed by atoms with Gasteiger partial charge in [0.15, 0.2) is 43.5 Å². The van der Waals surface area contributed by atoms with Gasteiger partial charge in [0, 0.05) is 104 Å². The molecule has 7 rings (SSSR count). The van der Waals surface area contributed by atoms with Crippen molar-refractivity contribution in [3.8, 4) is 5.75 Å². The molecule has 6 aliphatic heterocycles. The number of anilines is 1. The Hall–Kier alpha value is -6.27. The van der Waals surface area contributed by atoms with Gasteiger partial charge in [0.05, 0.1) is 79.5 Å². The van der Waals surface area contributed by atoms with Crippen molar-refractivity contribution in [1.29, 1.82) is 0 Å². The minimum absolute atomic E-state index is 0.000934. The first-order valence-electron chi connectivity index (χ1n) is 40.9. The maximum absolute atomic E-state index is 13.8. The summed E-state index contributed by atoms with van der Waals surface area (Å²) in [5, 5.41) is 229. The van der Waals surface area contributed by atoms with Gasteiger partial charge < -0.3 is 201 Å². The molecule has 0 saturated carbocycles. The number of aliphatic hydroxyl groups is 19. The summed E-state index contributed by atoms with van der Waals surface area (Å²) in [7, 11) is 0. The Morgan fingerprint density at radius 1 is 0.350 bits per heavy atom. The number of aliphatic hydroxyl groups excluding tert-OH is 19. The van der Waals surface area contributed by atoms with Crippen molar-refractivity contribution in [1.82, 2.24) is 37.2 Å². The summed E-state index contributed by atoms with van der Waals surface area (Å²) in [4.78, 5) is 118. The number of rotatable bonds is 47. The standard InChI is InChI=1S/C74H124N8O41/c1-8-111-57-47(49(97)55(57)103)76-20-19-75-40(95)12-10-9-11-27-112-70-58(50(98)42(29(3)114-70)78-64(106)35(90)14-22-84)120-72-60(52(100)44(31(5)116-72)80-66(108)37(92)16-24-86)122-74-62(54(102)46(33(7)118-74)82-68(110)39(94)18-26-88)123-73-61(53(101)45(32(6)117-73)81-67(109)38(93)17-25-87)121-71-59(51(99)43(30(4)115-71)79-65(107)36(91)15-23-85)119-69-56(104)48(96)41(28(2)113-69)77-63(105)34(89)13-21-83/h28-39,41-46,48,50-54,56,58-62,69-74,76,83-94,96,98-102,104H,8-27H2,1-7H3,(H,75,95)(H,77,105)(H,78,106)(H,79,107)(H,80,108)(H,81,109)(H,82,110)/t28-,29-,30-,31-,32-,33-,34-,35-,36-,37-,38-,39-,41-,42-,43-,44-,45-,46-,48+,50+,51+,52+,53+,54+,56+,58+,59+,60+,61+,62+,69-,70+,71-,72-,73-,74-/m1/s1. The molecule has 49 heteroatoms. The van der Waals surface area contributed by atoms with E-state index in [-0.39, 0.29) is 62.9 Å². The molecule has 123 heavy (non-hydrogen) atoms. The van der Waals surface area contributed by atoms with E-state index in [9.17, 15) is 140 Å². The molecule has 27 N–H and O–H groups in total. The molecule has 6 aliphatic rings. The molecule has 36 atom stereocenters. The first-order valence-corrected chi connectivity index (χ1v) is 40.9. The molecule has 6 saturated heterocycles. The van der Waals surface area contributed by atoms with Crippen LogP contribution in [0.15, 0.2) is 9.59 Å². The summed E-state index contributed by atoms with van der Waals surface area (Å²) in [6.45, 7) is 5.15. The molecule has 0 spiro atoms. The van der Waals surface area contributed by atoms with Crippen molar-refractivity contribution in [2.75, 3.05) is 71.3 Å². The number of unbranched alkanes of at least 4 members (excludes halogenated alkanes) is 2. The highest BCUT2D eigenvalue weighted by Crippen LogP contribution is 2.39. The largest absolute Gasteiger partial charge is 0.488 e. The zero-order valence-electron chi connectivity index (χ0n) is 68.9. The van der Waals surface area contributed by atoms with Crippen LogP contribution in [0, 0.1) is 0 Å². The van der Waals surface area contributed by atoms with E-state index in [1.165, 1.54) is 41.5 Å². The normalized spacial score (nSPS) is 35.7. The average molecular weight is 1780 g/mol. The molecule has 6 fully saturated rings. The van der Waals surface area contributed by atoms with Crippen LogP contribution in [0.1, 0.15) is 113 Å². The highest BCUT2D eigenvalue weighted by atomic mass is 16.8. The van der Waals surface area contributed by atoms with Gasteiger partial charge in [-0.2, -0.15) is 0 Å². The molecule has 1 aromatic rings. The van der Waals surface area contributed by atoms with Crippen LogP contribution in [0.4, 0.5) is 5.69 Å². The van der Waals surface area contributed by atoms with Crippen LogP contribution in [0.25, 0.3) is 0 Å². The Labute approximate surface area is 704 Å². The number of carbonyl (C=O) groups is 7. The summed E-state index contributed by atoms with van der Waals surface area (Å²) in [6, 6.07) is -10.0. The van der Waals surface area contributed by atoms with E-state index in [0.29, 0.717) is 6.42 Å². The van der Waals surface area contributed by atoms with Crippen LogP contribution in [0.2, 0.25) is 0 Å². The van der Waals surface area contributed by atoms with Crippen LogP contribution in [0.5, 0.6) is 5.75 Å². The van der Waals surface area contributed by atoms with E-state index in [4.69, 9.17) is 61.6 Å². The van der Waals surface area contributed by atoms with Gasteiger partial charge in [0.1, 0.15) is 116 Å². The summed E-state index contributed by atoms with van der Waals surface area (Å²) in [5.41, 5.74) is -1.54. The summed E-state index contributed by atoms with van der Waals surface area (Å²) < 4.78 is 81.9. The second kappa shape index (κ2) is 49.3. The topological polar surface area (TPSA) is 754 Å². The van der Waals surface area contributed by atoms with Crippen molar-refractivity contribution in [2.45, 2.75) is 333 Å². The van der Waals surface area contributed by atoms with Gasteiger partial charge in [-0.25, -0.2) is 0 Å². The predicted octanol–water partition coefficient (Wildman–Crippen LogP) is -13.9. The van der Waals surface area contributed by atoms with Gasteiger partial charge in [-0.05, 0) is 61.3 Å². The molecule has 706 valence electrons. The van der Waals surface area contributed by atoms with Crippen molar-refractivity contribution in [2.24, 2.45) is 0 Å². The third-order valence-electron chi connectivity index (χ3n) is 21.8. The van der Waals surface area contributed by atoms with Crippen molar-refractivity contribution in [3.05, 3.63) is 20.4 Å². The average Bonchev–Trinajstić information content (AvgIpc) is 0.765. The van der Waals surface area contributed by atoms with Crippen LogP contribution >= 0.6 is 0 Å². The quantitative estimate of drug-likeness (QED) is 0.0213. The molecular weight excluding hydrogens is 1660 g/mol. The van der Waals surface area contributed by atoms with Gasteiger partial charge in [-0.3, -0.25) is 43.2 Å². The first-order chi connectivity index (χ1) is 58.3. The summed E-state index contributed by atoms with van der Waals surface area (Å²) in [6.07, 6.45) is -61.8. The van der Waals surface area contributed by atoms with Crippen molar-refractivity contribution in [3.63, 3.8) is 0 Å². The fourth-order valence-electron chi connectivity index (χ4n) is 14.6. The van der Waals surface area contributed by atoms with E-state index in [2.05, 4.69) is 42.5 Å². The third-order valence-corrected chi connectivity index (χ3v) is 21.8. The minimum Gasteiger partial charge on any atom is -0.488 e. The highest BCUT2D eigenvalue weighted by Gasteiger charge is 2.59. The molecule has 0 bridgehead atoms. The van der Waals surface area contributed by atoms with Crippen LogP contribution in [0.3, 0.4) is 0 Å². The Kier molecular flexibility index (Phi) is 41.6. The van der Waals surface area contributed by atoms with Crippen LogP contribution < -0.4 is 58.1 Å². The van der Waals surface area contributed by atoms with Crippen LogP contribution in [-0.2, 0) is 90.4 Å². The second-order valence-electron chi connectivity index (χ2n) is 30.8. The van der Waals surface area contributed by atoms with Crippen molar-refractivity contribution >= 4 is 47.0 Å². The first kappa shape index (κ1) is 104. The molecular formula is C74H124N8O41. The Bertz CT molecular complexity index is 3540. The number of carbonyl (C=O) groups excluding carboxylic acids is 7. The van der Waals surface area contributed by atoms with Gasteiger partial charge in [0.2, 0.25) is 41.4 Å². The lowest BCUT2D eigenvalue weighted by molar-refractivity contribution is -0.400. The van der Waals surface area contributed by atoms with Gasteiger partial charge in [-0.15, -0.1) is 0 Å². The molecule has 0 aromatic heterocycles. The molecule has 0 unspecified atom stereocenters. The van der Waals surface area contributed by atoms with Gasteiger partial charge in [-0.1, -0.05) is 6.42 Å². The molecule has 7 amide bonds. The predicted molar refractivity (Wildman–Crippen MR) is 409 cm³/mol. The van der Waals surface area contributed by atoms with E-state index >= 15 is 0 Å². The zero-order chi connectivity index (χ0) is 91.1. The number of nitrogens with one attached hydrogen (secondary N) is 8. The molecule has 6 heterocycles. The Morgan fingerprint density at radius 3 is 0.911 bits per heavy atom. The maximum atomic E-state index is 13.8. The monoisotopic (exact) mass is 1780 g/mol. The Morgan fingerprint density at radius 2 is 0.618 bits per heavy atom. The lowest BCUT2D eigenvalue weighted by atomic mass is 9.93. The number of amides is 7. The SMILES string of the molecule is CCOc1c(NCCNC(=O)CCCCCO[C@H]2O[C@H](C)[C@@H](NC(=O)[C@H](O)CCO)[C@H](O)[C@@H]2O[C@H]2O[C@H](C)[C@@H](NC(=O)[C@H](O)CCO)[C@H](O)[C@@H]2O[C@H]2O[C@H](C)[C@@H](NC(=O)[C@H](O)CCO)[C@H](O)[C@@H]2O[C@H]2O[C@H](C)[C@@H](NC(=O)[C@H](O)CCO)[C@H](O)[C@@H]2O[C@H]2O[C@H](C)[C@@H](NC(=O)[C@H](O)CCO)[C@H](O)[C@@H]2O[C@H]2O[C@H](C)[C@@H](NC(=O)[C@H](O)CCO)[C@H](O)[C@@H]2O)c(=O)c1=O. The van der Waals surface area contributed by atoms with Crippen LogP contribution in [-0.4, -0.2) is 425 Å². The molecule has 0 aliphatic carbocycles. The number of ether oxygens (including phenoxy) is 13. The zero-order valence-corrected chi connectivity index (χ0v) is 68.9. The fraction of sp³-hybridized carbons (Fsp3) is 0.851. The number of hydrogen-bond donors (Lipinski definition) is 27. The van der Waals surface area contributed by atoms with Gasteiger partial charge >= 0.3 is 0 Å². The smallest absolute Gasteiger partial charge is 0.272 e. The molecule has 49 nitrogen and oxygen atoms in total. The minimum atomic E-state index is -2.34. The third kappa shape index (κ3) is 27.2. The van der Waals surface area contributed by atoms with Gasteiger partial charge in [0.25, 0.3) is 10.9 Å². The summed E-state index contributed by atoms with van der Waals surface area (Å²) in [5.74, 6) is -7.57. The number of hydrogen-bond acceptors (Lipinski definition) is 42. The van der Waals surface area contributed by atoms with Crippen molar-refractivity contribution < 1.29 is 192 Å². The maximum Gasteiger partial charge on any atom is 0.272 e. The molecule has 0 radical (unpaired) electrons. The van der Waals surface area contributed by atoms with E-state index < -0.39 is 345 Å². The summed E-state index contributed by atoms with van der Waals surface area (Å²) >= 11 is 0. The fourth-order valence-corrected chi connectivity index (χ4v) is 14.6. The highest BCUT2D eigenvalue weighted by molar-refractivity contribution is 5.83. The van der Waals surface area contributed by atoms with E-state index in [1.54, 1.807) is 6.92 Å². The second-order valence-corrected chi connectivity index (χ2v) is 30.8. The Balaban J connectivity index is 1.29. The van der Waals surface area contributed by atoms with E-state index in [1.807, 2.05) is 0 Å². The van der Waals surface area contributed by atoms with E-state index in [0.717, 1.165) is 0 Å². The lowest BCUT2D eigenvalue weighted by Gasteiger charge is -2.52.